The second-order valence-electron chi connectivity index (χ2n) is 9.01. The molecule has 1 aromatic carbocycles. The van der Waals surface area contributed by atoms with E-state index in [4.69, 9.17) is 0 Å². The summed E-state index contributed by atoms with van der Waals surface area (Å²) in [6.45, 7) is 4.65. The van der Waals surface area contributed by atoms with Gasteiger partial charge in [0.1, 0.15) is 0 Å². The fourth-order valence-electron chi connectivity index (χ4n) is 5.19. The minimum atomic E-state index is 0.995. The zero-order valence-electron chi connectivity index (χ0n) is 17.3. The van der Waals surface area contributed by atoms with Crippen LogP contribution >= 0.6 is 0 Å². The highest BCUT2D eigenvalue weighted by Gasteiger charge is 2.27. The normalized spacial score (nSPS) is 26.5. The highest BCUT2D eigenvalue weighted by molar-refractivity contribution is 5.24. The molecular formula is C26H40. The Bertz CT molecular complexity index is 542. The third-order valence-corrected chi connectivity index (χ3v) is 7.26. The lowest BCUT2D eigenvalue weighted by Gasteiger charge is -2.35. The molecule has 2 aliphatic rings. The lowest BCUT2D eigenvalue weighted by Crippen LogP contribution is -2.23. The summed E-state index contributed by atoms with van der Waals surface area (Å²) in [5, 5.41) is 0. The number of unbranched alkanes of at least 4 members (excludes halogenated alkanes) is 1. The Morgan fingerprint density at radius 2 is 1.46 bits per heavy atom. The first-order valence-electron chi connectivity index (χ1n) is 11.5. The predicted molar refractivity (Wildman–Crippen MR) is 115 cm³/mol. The van der Waals surface area contributed by atoms with Gasteiger partial charge in [0.15, 0.2) is 0 Å². The standard InChI is InChI=1S/C26H40/c1-3-5-6-22-7-9-23(10-8-22)11-12-24-15-19-26(20-16-24)25-17-13-21(4-2)14-18-25/h7-10,15,21,25-26H,3-6,11-14,16-20H2,1-2H3. The maximum absolute atomic E-state index is 2.62. The topological polar surface area (TPSA) is 0 Å². The van der Waals surface area contributed by atoms with Crippen LogP contribution < -0.4 is 0 Å². The van der Waals surface area contributed by atoms with E-state index in [0.29, 0.717) is 0 Å². The molecule has 0 saturated heterocycles. The Morgan fingerprint density at radius 3 is 2.04 bits per heavy atom. The van der Waals surface area contributed by atoms with Crippen LogP contribution in [0.15, 0.2) is 35.9 Å². The van der Waals surface area contributed by atoms with Gasteiger partial charge in [0, 0.05) is 0 Å². The number of rotatable bonds is 8. The highest BCUT2D eigenvalue weighted by atomic mass is 14.3. The first kappa shape index (κ1) is 19.7. The van der Waals surface area contributed by atoms with Gasteiger partial charge in [0.2, 0.25) is 0 Å². The highest BCUT2D eigenvalue weighted by Crippen LogP contribution is 2.40. The van der Waals surface area contributed by atoms with Crippen LogP contribution in [0.1, 0.15) is 95.6 Å². The maximum atomic E-state index is 2.62. The minimum Gasteiger partial charge on any atom is -0.0850 e. The molecule has 0 heterocycles. The minimum absolute atomic E-state index is 0.995. The van der Waals surface area contributed by atoms with E-state index in [1.165, 1.54) is 94.6 Å². The van der Waals surface area contributed by atoms with E-state index >= 15 is 0 Å². The third kappa shape index (κ3) is 5.73. The fraction of sp³-hybridized carbons (Fsp3) is 0.692. The number of benzene rings is 1. The van der Waals surface area contributed by atoms with Gasteiger partial charge < -0.3 is 0 Å². The average Bonchev–Trinajstić information content (AvgIpc) is 2.72. The zero-order valence-corrected chi connectivity index (χ0v) is 17.3. The molecule has 0 aliphatic heterocycles. The van der Waals surface area contributed by atoms with Crippen molar-refractivity contribution in [1.82, 2.24) is 0 Å². The molecule has 0 spiro atoms. The van der Waals surface area contributed by atoms with Crippen LogP contribution in [0.25, 0.3) is 0 Å². The van der Waals surface area contributed by atoms with Crippen molar-refractivity contribution in [3.63, 3.8) is 0 Å². The van der Waals surface area contributed by atoms with Crippen molar-refractivity contribution in [3.8, 4) is 0 Å². The lowest BCUT2D eigenvalue weighted by atomic mass is 9.71. The van der Waals surface area contributed by atoms with Crippen molar-refractivity contribution in [2.45, 2.75) is 97.3 Å². The summed E-state index contributed by atoms with van der Waals surface area (Å²) in [6.07, 6.45) is 20.6. The average molecular weight is 353 g/mol. The first-order valence-corrected chi connectivity index (χ1v) is 11.5. The molecule has 0 amide bonds. The van der Waals surface area contributed by atoms with Crippen LogP contribution in [0, 0.1) is 17.8 Å². The first-order chi connectivity index (χ1) is 12.8. The predicted octanol–water partition coefficient (Wildman–Crippen LogP) is 7.90. The molecule has 26 heavy (non-hydrogen) atoms. The quantitative estimate of drug-likeness (QED) is 0.417. The van der Waals surface area contributed by atoms with Crippen molar-refractivity contribution in [2.75, 3.05) is 0 Å². The molecule has 3 rings (SSSR count). The smallest absolute Gasteiger partial charge is 0.0241 e. The van der Waals surface area contributed by atoms with E-state index in [1.807, 2.05) is 0 Å². The Hall–Kier alpha value is -1.04. The van der Waals surface area contributed by atoms with Crippen molar-refractivity contribution in [3.05, 3.63) is 47.0 Å². The summed E-state index contributed by atoms with van der Waals surface area (Å²) in [5.74, 6) is 3.06. The van der Waals surface area contributed by atoms with Gasteiger partial charge in [-0.05, 0) is 86.7 Å². The molecule has 1 aromatic rings. The summed E-state index contributed by atoms with van der Waals surface area (Å²) in [4.78, 5) is 0. The molecule has 0 radical (unpaired) electrons. The summed E-state index contributed by atoms with van der Waals surface area (Å²) in [6, 6.07) is 9.43. The van der Waals surface area contributed by atoms with Crippen LogP contribution in [0.3, 0.4) is 0 Å². The van der Waals surface area contributed by atoms with Gasteiger partial charge in [0.25, 0.3) is 0 Å². The van der Waals surface area contributed by atoms with Crippen molar-refractivity contribution in [1.29, 1.82) is 0 Å². The van der Waals surface area contributed by atoms with Crippen LogP contribution in [0.5, 0.6) is 0 Å². The van der Waals surface area contributed by atoms with E-state index < -0.39 is 0 Å². The van der Waals surface area contributed by atoms with Gasteiger partial charge in [-0.25, -0.2) is 0 Å². The molecule has 0 heteroatoms. The Kier molecular flexibility index (Phi) is 7.84. The summed E-state index contributed by atoms with van der Waals surface area (Å²) in [7, 11) is 0. The van der Waals surface area contributed by atoms with Gasteiger partial charge in [-0.2, -0.15) is 0 Å². The fourth-order valence-corrected chi connectivity index (χ4v) is 5.19. The number of hydrogen-bond donors (Lipinski definition) is 0. The monoisotopic (exact) mass is 352 g/mol. The molecule has 0 bridgehead atoms. The third-order valence-electron chi connectivity index (χ3n) is 7.26. The van der Waals surface area contributed by atoms with Crippen LogP contribution in [0.2, 0.25) is 0 Å². The maximum Gasteiger partial charge on any atom is -0.0241 e. The van der Waals surface area contributed by atoms with Crippen LogP contribution in [-0.2, 0) is 12.8 Å². The van der Waals surface area contributed by atoms with E-state index in [-0.39, 0.29) is 0 Å². The Balaban J connectivity index is 1.40. The van der Waals surface area contributed by atoms with Crippen molar-refractivity contribution >= 4 is 0 Å². The second-order valence-corrected chi connectivity index (χ2v) is 9.01. The SMILES string of the molecule is CCCCc1ccc(CCC2=CCC(C3CCC(CC)CC3)CC2)cc1. The summed E-state index contributed by atoms with van der Waals surface area (Å²) in [5.41, 5.74) is 4.76. The van der Waals surface area contributed by atoms with Crippen molar-refractivity contribution in [2.24, 2.45) is 17.8 Å². The molecular weight excluding hydrogens is 312 g/mol. The second kappa shape index (κ2) is 10.3. The van der Waals surface area contributed by atoms with Crippen LogP contribution in [0.4, 0.5) is 0 Å². The molecule has 1 fully saturated rings. The van der Waals surface area contributed by atoms with Gasteiger partial charge in [-0.1, -0.05) is 75.4 Å². The number of allylic oxidation sites excluding steroid dienone is 2. The van der Waals surface area contributed by atoms with Crippen molar-refractivity contribution < 1.29 is 0 Å². The molecule has 1 unspecified atom stereocenters. The van der Waals surface area contributed by atoms with Gasteiger partial charge >= 0.3 is 0 Å². The van der Waals surface area contributed by atoms with E-state index in [0.717, 1.165) is 17.8 Å². The molecule has 0 aromatic heterocycles. The molecule has 2 aliphatic carbocycles. The summed E-state index contributed by atoms with van der Waals surface area (Å²) < 4.78 is 0. The van der Waals surface area contributed by atoms with Crippen LogP contribution in [-0.4, -0.2) is 0 Å². The molecule has 1 atom stereocenters. The lowest BCUT2D eigenvalue weighted by molar-refractivity contribution is 0.189. The van der Waals surface area contributed by atoms with E-state index in [9.17, 15) is 0 Å². The molecule has 1 saturated carbocycles. The van der Waals surface area contributed by atoms with Gasteiger partial charge in [0.05, 0.1) is 0 Å². The van der Waals surface area contributed by atoms with E-state index in [2.05, 4.69) is 44.2 Å². The van der Waals surface area contributed by atoms with E-state index in [1.54, 1.807) is 5.57 Å². The Morgan fingerprint density at radius 1 is 0.769 bits per heavy atom. The largest absolute Gasteiger partial charge is 0.0850 e. The zero-order chi connectivity index (χ0) is 18.2. The number of hydrogen-bond acceptors (Lipinski definition) is 0. The Labute approximate surface area is 162 Å². The number of aryl methyl sites for hydroxylation is 2. The van der Waals surface area contributed by atoms with Gasteiger partial charge in [-0.15, -0.1) is 0 Å². The molecule has 144 valence electrons. The molecule has 0 N–H and O–H groups in total. The molecule has 0 nitrogen and oxygen atoms in total. The van der Waals surface area contributed by atoms with Gasteiger partial charge in [-0.3, -0.25) is 0 Å². The summed E-state index contributed by atoms with van der Waals surface area (Å²) >= 11 is 0.